The molecule has 1 saturated heterocycles. The Kier molecular flexibility index (Phi) is 9.72. The Hall–Kier alpha value is -0.0800. The van der Waals surface area contributed by atoms with E-state index in [4.69, 9.17) is 4.74 Å². The van der Waals surface area contributed by atoms with E-state index in [0.717, 1.165) is 38.6 Å². The average Bonchev–Trinajstić information content (AvgIpc) is 2.79. The van der Waals surface area contributed by atoms with Crippen LogP contribution in [0.2, 0.25) is 0 Å². The maximum Gasteiger partial charge on any atom is 0.191 e. The van der Waals surface area contributed by atoms with Crippen LogP contribution in [-0.2, 0) is 4.74 Å². The fraction of sp³-hybridized carbons (Fsp3) is 0.923. The van der Waals surface area contributed by atoms with Crippen LogP contribution in [-0.4, -0.2) is 50.9 Å². The van der Waals surface area contributed by atoms with Gasteiger partial charge in [0.15, 0.2) is 5.96 Å². The SMILES string of the molecule is CN=C(NCCNC(C)(C)C)NCC1CCCO1.I. The zero-order valence-corrected chi connectivity index (χ0v) is 14.9. The number of guanidine groups is 1. The summed E-state index contributed by atoms with van der Waals surface area (Å²) in [7, 11) is 1.79. The van der Waals surface area contributed by atoms with Gasteiger partial charge < -0.3 is 20.7 Å². The van der Waals surface area contributed by atoms with Crippen LogP contribution in [0.4, 0.5) is 0 Å². The maximum atomic E-state index is 5.56. The molecule has 5 nitrogen and oxygen atoms in total. The van der Waals surface area contributed by atoms with Gasteiger partial charge in [-0.25, -0.2) is 0 Å². The molecule has 0 aliphatic carbocycles. The molecule has 1 aliphatic rings. The van der Waals surface area contributed by atoms with E-state index in [-0.39, 0.29) is 29.5 Å². The maximum absolute atomic E-state index is 5.56. The zero-order valence-electron chi connectivity index (χ0n) is 12.6. The summed E-state index contributed by atoms with van der Waals surface area (Å²) in [5.41, 5.74) is 0.163. The van der Waals surface area contributed by atoms with Crippen LogP contribution in [0.15, 0.2) is 4.99 Å². The van der Waals surface area contributed by atoms with Crippen LogP contribution in [0.3, 0.4) is 0 Å². The Morgan fingerprint density at radius 3 is 2.53 bits per heavy atom. The number of nitrogens with zero attached hydrogens (tertiary/aromatic N) is 1. The van der Waals surface area contributed by atoms with E-state index in [1.807, 2.05) is 0 Å². The molecule has 3 N–H and O–H groups in total. The first-order valence-electron chi connectivity index (χ1n) is 6.82. The van der Waals surface area contributed by atoms with Gasteiger partial charge in [-0.15, -0.1) is 24.0 Å². The average molecular weight is 384 g/mol. The third-order valence-electron chi connectivity index (χ3n) is 2.82. The van der Waals surface area contributed by atoms with E-state index in [9.17, 15) is 0 Å². The zero-order chi connectivity index (χ0) is 13.4. The quantitative estimate of drug-likeness (QED) is 0.290. The van der Waals surface area contributed by atoms with E-state index in [0.29, 0.717) is 6.10 Å². The fourth-order valence-corrected chi connectivity index (χ4v) is 1.85. The lowest BCUT2D eigenvalue weighted by Gasteiger charge is -2.21. The molecule has 114 valence electrons. The van der Waals surface area contributed by atoms with Gasteiger partial charge in [0.05, 0.1) is 6.10 Å². The second-order valence-corrected chi connectivity index (χ2v) is 5.69. The Labute approximate surface area is 134 Å². The molecule has 0 amide bonds. The van der Waals surface area contributed by atoms with Crippen molar-refractivity contribution in [1.29, 1.82) is 0 Å². The summed E-state index contributed by atoms with van der Waals surface area (Å²) in [4.78, 5) is 4.19. The molecule has 0 aromatic carbocycles. The van der Waals surface area contributed by atoms with Crippen molar-refractivity contribution in [2.75, 3.05) is 33.3 Å². The molecule has 1 unspecified atom stereocenters. The van der Waals surface area contributed by atoms with Gasteiger partial charge in [0.25, 0.3) is 0 Å². The Morgan fingerprint density at radius 2 is 2.00 bits per heavy atom. The summed E-state index contributed by atoms with van der Waals surface area (Å²) in [5.74, 6) is 0.848. The molecule has 0 radical (unpaired) electrons. The molecule has 0 bridgehead atoms. The molecule has 0 aromatic rings. The highest BCUT2D eigenvalue weighted by molar-refractivity contribution is 14.0. The highest BCUT2D eigenvalue weighted by atomic mass is 127. The van der Waals surface area contributed by atoms with E-state index >= 15 is 0 Å². The molecular weight excluding hydrogens is 355 g/mol. The van der Waals surface area contributed by atoms with Crippen LogP contribution < -0.4 is 16.0 Å². The Balaban J connectivity index is 0.00000324. The number of hydrogen-bond donors (Lipinski definition) is 3. The first kappa shape index (κ1) is 18.9. The third-order valence-corrected chi connectivity index (χ3v) is 2.82. The first-order valence-corrected chi connectivity index (χ1v) is 6.82. The minimum absolute atomic E-state index is 0. The second kappa shape index (κ2) is 9.77. The number of ether oxygens (including phenoxy) is 1. The number of nitrogens with one attached hydrogen (secondary N) is 3. The molecule has 1 atom stereocenters. The van der Waals surface area contributed by atoms with Crippen LogP contribution in [0.25, 0.3) is 0 Å². The van der Waals surface area contributed by atoms with E-state index in [1.165, 1.54) is 6.42 Å². The van der Waals surface area contributed by atoms with Gasteiger partial charge in [-0.05, 0) is 33.6 Å². The first-order chi connectivity index (χ1) is 8.51. The van der Waals surface area contributed by atoms with Crippen LogP contribution in [0.1, 0.15) is 33.6 Å². The van der Waals surface area contributed by atoms with Gasteiger partial charge in [-0.3, -0.25) is 4.99 Å². The van der Waals surface area contributed by atoms with Gasteiger partial charge in [-0.2, -0.15) is 0 Å². The molecule has 0 aromatic heterocycles. The van der Waals surface area contributed by atoms with Gasteiger partial charge in [0.2, 0.25) is 0 Å². The van der Waals surface area contributed by atoms with E-state index < -0.39 is 0 Å². The van der Waals surface area contributed by atoms with Gasteiger partial charge in [-0.1, -0.05) is 0 Å². The highest BCUT2D eigenvalue weighted by Crippen LogP contribution is 2.10. The lowest BCUT2D eigenvalue weighted by Crippen LogP contribution is -2.45. The Morgan fingerprint density at radius 1 is 1.26 bits per heavy atom. The van der Waals surface area contributed by atoms with Crippen molar-refractivity contribution in [3.63, 3.8) is 0 Å². The minimum Gasteiger partial charge on any atom is -0.376 e. The summed E-state index contributed by atoms with van der Waals surface area (Å²) in [6.45, 7) is 10.0. The molecule has 1 rings (SSSR count). The number of hydrogen-bond acceptors (Lipinski definition) is 3. The Bertz CT molecular complexity index is 260. The van der Waals surface area contributed by atoms with Crippen LogP contribution in [0, 0.1) is 0 Å². The third kappa shape index (κ3) is 9.45. The minimum atomic E-state index is 0. The van der Waals surface area contributed by atoms with Crippen molar-refractivity contribution in [1.82, 2.24) is 16.0 Å². The van der Waals surface area contributed by atoms with Crippen molar-refractivity contribution < 1.29 is 4.74 Å². The lowest BCUT2D eigenvalue weighted by molar-refractivity contribution is 0.114. The van der Waals surface area contributed by atoms with Gasteiger partial charge >= 0.3 is 0 Å². The fourth-order valence-electron chi connectivity index (χ4n) is 1.85. The van der Waals surface area contributed by atoms with Crippen molar-refractivity contribution in [3.05, 3.63) is 0 Å². The smallest absolute Gasteiger partial charge is 0.191 e. The van der Waals surface area contributed by atoms with Crippen molar-refractivity contribution in [2.45, 2.75) is 45.3 Å². The predicted molar refractivity (Wildman–Crippen MR) is 91.5 cm³/mol. The summed E-state index contributed by atoms with van der Waals surface area (Å²) >= 11 is 0. The molecule has 1 fully saturated rings. The number of aliphatic imine (C=N–C) groups is 1. The summed E-state index contributed by atoms with van der Waals surface area (Å²) in [6, 6.07) is 0. The standard InChI is InChI=1S/C13H28N4O.HI/c1-13(2,3)17-8-7-15-12(14-4)16-10-11-6-5-9-18-11;/h11,17H,5-10H2,1-4H3,(H2,14,15,16);1H. The largest absolute Gasteiger partial charge is 0.376 e. The lowest BCUT2D eigenvalue weighted by atomic mass is 10.1. The molecule has 0 saturated carbocycles. The van der Waals surface area contributed by atoms with E-state index in [1.54, 1.807) is 7.05 Å². The van der Waals surface area contributed by atoms with Crippen molar-refractivity contribution in [3.8, 4) is 0 Å². The molecule has 6 heteroatoms. The second-order valence-electron chi connectivity index (χ2n) is 5.69. The monoisotopic (exact) mass is 384 g/mol. The molecule has 19 heavy (non-hydrogen) atoms. The molecular formula is C13H29IN4O. The highest BCUT2D eigenvalue weighted by Gasteiger charge is 2.15. The van der Waals surface area contributed by atoms with Gasteiger partial charge in [0.1, 0.15) is 0 Å². The van der Waals surface area contributed by atoms with Crippen LogP contribution >= 0.6 is 24.0 Å². The summed E-state index contributed by atoms with van der Waals surface area (Å²) < 4.78 is 5.56. The molecule has 1 aliphatic heterocycles. The van der Waals surface area contributed by atoms with Gasteiger partial charge in [0, 0.05) is 38.8 Å². The predicted octanol–water partition coefficient (Wildman–Crippen LogP) is 1.34. The van der Waals surface area contributed by atoms with Crippen molar-refractivity contribution in [2.24, 2.45) is 4.99 Å². The van der Waals surface area contributed by atoms with E-state index in [2.05, 4.69) is 41.7 Å². The summed E-state index contributed by atoms with van der Waals surface area (Å²) in [5, 5.41) is 10.0. The molecule has 1 heterocycles. The van der Waals surface area contributed by atoms with Crippen molar-refractivity contribution >= 4 is 29.9 Å². The molecule has 0 spiro atoms. The summed E-state index contributed by atoms with van der Waals surface area (Å²) in [6.07, 6.45) is 2.67. The topological polar surface area (TPSA) is 57.7 Å². The number of rotatable bonds is 5. The number of halogens is 1. The normalized spacial score (nSPS) is 20.0. The van der Waals surface area contributed by atoms with Crippen LogP contribution in [0.5, 0.6) is 0 Å².